The fourth-order valence-corrected chi connectivity index (χ4v) is 1.41. The molecule has 12 heavy (non-hydrogen) atoms. The highest BCUT2D eigenvalue weighted by molar-refractivity contribution is 7.98. The molecule has 0 amide bonds. The minimum Gasteiger partial charge on any atom is -0.161 e. The normalized spacial score (nSPS) is 14.3. The molecule has 0 rings (SSSR count). The van der Waals surface area contributed by atoms with Gasteiger partial charge in [0.15, 0.2) is 0 Å². The van der Waals surface area contributed by atoms with Crippen molar-refractivity contribution >= 4 is 11.8 Å². The van der Waals surface area contributed by atoms with Crippen molar-refractivity contribution < 1.29 is 0 Å². The molecule has 0 N–H and O–H groups in total. The van der Waals surface area contributed by atoms with E-state index in [1.54, 1.807) is 0 Å². The molecule has 0 heterocycles. The summed E-state index contributed by atoms with van der Waals surface area (Å²) in [5, 5.41) is 0. The Balaban J connectivity index is 4.37. The van der Waals surface area contributed by atoms with Crippen molar-refractivity contribution in [3.05, 3.63) is 35.5 Å². The average Bonchev–Trinajstić information content (AvgIpc) is 2.05. The third kappa shape index (κ3) is 5.25. The Labute approximate surface area is 80.4 Å². The van der Waals surface area contributed by atoms with Crippen molar-refractivity contribution in [1.29, 1.82) is 0 Å². The van der Waals surface area contributed by atoms with Crippen LogP contribution in [-0.2, 0) is 0 Å². The van der Waals surface area contributed by atoms with E-state index < -0.39 is 0 Å². The second-order valence-corrected chi connectivity index (χ2v) is 3.55. The summed E-state index contributed by atoms with van der Waals surface area (Å²) < 4.78 is 0. The van der Waals surface area contributed by atoms with E-state index in [2.05, 4.69) is 51.3 Å². The highest BCUT2D eigenvalue weighted by atomic mass is 32.2. The maximum atomic E-state index is 2.23. The lowest BCUT2D eigenvalue weighted by Gasteiger charge is -1.99. The fraction of sp³-hybridized carbons (Fsp3) is 0.455. The third-order valence-corrected chi connectivity index (χ3v) is 2.18. The highest BCUT2D eigenvalue weighted by Gasteiger charge is 1.90. The van der Waals surface area contributed by atoms with Gasteiger partial charge in [-0.15, -0.1) is 0 Å². The molecule has 0 atom stereocenters. The van der Waals surface area contributed by atoms with E-state index in [9.17, 15) is 0 Å². The molecule has 0 bridgehead atoms. The van der Waals surface area contributed by atoms with Gasteiger partial charge in [0, 0.05) is 5.75 Å². The van der Waals surface area contributed by atoms with Gasteiger partial charge in [-0.05, 0) is 32.6 Å². The Hall–Kier alpha value is -0.430. The fourth-order valence-electron chi connectivity index (χ4n) is 0.894. The number of thioether (sulfide) groups is 1. The molecule has 0 aliphatic rings. The lowest BCUT2D eigenvalue weighted by molar-refractivity contribution is 1.41. The Morgan fingerprint density at radius 3 is 2.42 bits per heavy atom. The molecule has 0 radical (unpaired) electrons. The first-order chi connectivity index (χ1) is 5.74. The van der Waals surface area contributed by atoms with E-state index in [0.29, 0.717) is 0 Å². The molecule has 0 fully saturated rings. The van der Waals surface area contributed by atoms with Crippen LogP contribution < -0.4 is 0 Å². The lowest BCUT2D eigenvalue weighted by atomic mass is 10.2. The second kappa shape index (κ2) is 7.23. The molecule has 0 aliphatic carbocycles. The molecule has 0 unspecified atom stereocenters. The molecule has 68 valence electrons. The minimum atomic E-state index is 1.09. The van der Waals surface area contributed by atoms with Crippen LogP contribution in [0, 0.1) is 0 Å². The first-order valence-electron chi connectivity index (χ1n) is 4.19. The van der Waals surface area contributed by atoms with Gasteiger partial charge in [0.2, 0.25) is 0 Å². The molecule has 0 aliphatic heterocycles. The van der Waals surface area contributed by atoms with Crippen molar-refractivity contribution in [2.24, 2.45) is 0 Å². The van der Waals surface area contributed by atoms with Gasteiger partial charge in [0.05, 0.1) is 0 Å². The number of allylic oxidation sites excluding steroid dienone is 5. The SMILES string of the molecule is C\C=C/C(=C\C(C)=C/C)CSC. The van der Waals surface area contributed by atoms with Gasteiger partial charge in [-0.2, -0.15) is 11.8 Å². The minimum absolute atomic E-state index is 1.09. The molecule has 0 aromatic carbocycles. The first-order valence-corrected chi connectivity index (χ1v) is 5.59. The Morgan fingerprint density at radius 2 is 2.00 bits per heavy atom. The smallest absolute Gasteiger partial charge is 0.0181 e. The Morgan fingerprint density at radius 1 is 1.33 bits per heavy atom. The van der Waals surface area contributed by atoms with E-state index in [0.717, 1.165) is 5.75 Å². The van der Waals surface area contributed by atoms with Crippen molar-refractivity contribution in [3.8, 4) is 0 Å². The average molecular weight is 182 g/mol. The van der Waals surface area contributed by atoms with Crippen molar-refractivity contribution in [3.63, 3.8) is 0 Å². The van der Waals surface area contributed by atoms with Gasteiger partial charge in [0.25, 0.3) is 0 Å². The molecule has 1 heteroatoms. The number of hydrogen-bond acceptors (Lipinski definition) is 1. The van der Waals surface area contributed by atoms with Gasteiger partial charge in [-0.3, -0.25) is 0 Å². The molecule has 0 aromatic heterocycles. The summed E-state index contributed by atoms with van der Waals surface area (Å²) >= 11 is 1.86. The maximum Gasteiger partial charge on any atom is 0.0181 e. The van der Waals surface area contributed by atoms with Crippen molar-refractivity contribution in [2.75, 3.05) is 12.0 Å². The van der Waals surface area contributed by atoms with Crippen molar-refractivity contribution in [1.82, 2.24) is 0 Å². The number of rotatable bonds is 4. The number of hydrogen-bond donors (Lipinski definition) is 0. The van der Waals surface area contributed by atoms with Gasteiger partial charge >= 0.3 is 0 Å². The molecule has 0 saturated carbocycles. The summed E-state index contributed by atoms with van der Waals surface area (Å²) in [6, 6.07) is 0. The van der Waals surface area contributed by atoms with Crippen LogP contribution in [0.4, 0.5) is 0 Å². The van der Waals surface area contributed by atoms with Crippen LogP contribution in [-0.4, -0.2) is 12.0 Å². The summed E-state index contributed by atoms with van der Waals surface area (Å²) in [5.74, 6) is 1.09. The largest absolute Gasteiger partial charge is 0.161 e. The summed E-state index contributed by atoms with van der Waals surface area (Å²) in [4.78, 5) is 0. The highest BCUT2D eigenvalue weighted by Crippen LogP contribution is 2.09. The summed E-state index contributed by atoms with van der Waals surface area (Å²) in [6.07, 6.45) is 10.7. The van der Waals surface area contributed by atoms with Gasteiger partial charge in [0.1, 0.15) is 0 Å². The lowest BCUT2D eigenvalue weighted by Crippen LogP contribution is -1.83. The topological polar surface area (TPSA) is 0 Å². The maximum absolute atomic E-state index is 2.23. The van der Waals surface area contributed by atoms with E-state index in [1.807, 2.05) is 11.8 Å². The molecule has 0 nitrogen and oxygen atoms in total. The predicted molar refractivity (Wildman–Crippen MR) is 60.7 cm³/mol. The standard InChI is InChI=1S/C11H18S/c1-5-7-11(9-12-4)8-10(3)6-2/h5-8H,9H2,1-4H3/b7-5-,10-6-,11-8+. The van der Waals surface area contributed by atoms with E-state index in [-0.39, 0.29) is 0 Å². The Kier molecular flexibility index (Phi) is 6.97. The summed E-state index contributed by atoms with van der Waals surface area (Å²) in [7, 11) is 0. The molecule has 0 saturated heterocycles. The zero-order chi connectivity index (χ0) is 9.40. The zero-order valence-corrected chi connectivity index (χ0v) is 9.24. The molecule has 0 aromatic rings. The van der Waals surface area contributed by atoms with Crippen molar-refractivity contribution in [2.45, 2.75) is 20.8 Å². The zero-order valence-electron chi connectivity index (χ0n) is 8.42. The molecular formula is C11H18S. The Bertz CT molecular complexity index is 197. The van der Waals surface area contributed by atoms with E-state index >= 15 is 0 Å². The summed E-state index contributed by atoms with van der Waals surface area (Å²) in [5.41, 5.74) is 2.72. The second-order valence-electron chi connectivity index (χ2n) is 2.68. The molecular weight excluding hydrogens is 164 g/mol. The molecule has 0 spiro atoms. The van der Waals surface area contributed by atoms with Crippen LogP contribution >= 0.6 is 11.8 Å². The van der Waals surface area contributed by atoms with Crippen LogP contribution in [0.5, 0.6) is 0 Å². The van der Waals surface area contributed by atoms with Crippen LogP contribution in [0.3, 0.4) is 0 Å². The van der Waals surface area contributed by atoms with Gasteiger partial charge < -0.3 is 0 Å². The van der Waals surface area contributed by atoms with E-state index in [1.165, 1.54) is 11.1 Å². The van der Waals surface area contributed by atoms with Crippen LogP contribution in [0.15, 0.2) is 35.5 Å². The van der Waals surface area contributed by atoms with Gasteiger partial charge in [-0.1, -0.05) is 29.9 Å². The quantitative estimate of drug-likeness (QED) is 0.596. The van der Waals surface area contributed by atoms with Crippen LogP contribution in [0.1, 0.15) is 20.8 Å². The third-order valence-electron chi connectivity index (χ3n) is 1.56. The van der Waals surface area contributed by atoms with Gasteiger partial charge in [-0.25, -0.2) is 0 Å². The predicted octanol–water partition coefficient (Wildman–Crippen LogP) is 3.82. The first kappa shape index (κ1) is 11.6. The summed E-state index contributed by atoms with van der Waals surface area (Å²) in [6.45, 7) is 6.25. The monoisotopic (exact) mass is 182 g/mol. The van der Waals surface area contributed by atoms with Crippen LogP contribution in [0.25, 0.3) is 0 Å². The van der Waals surface area contributed by atoms with Crippen LogP contribution in [0.2, 0.25) is 0 Å². The van der Waals surface area contributed by atoms with E-state index in [4.69, 9.17) is 0 Å².